The Morgan fingerprint density at radius 1 is 1.08 bits per heavy atom. The van der Waals surface area contributed by atoms with Crippen LogP contribution >= 0.6 is 11.8 Å². The zero-order valence-corrected chi connectivity index (χ0v) is 15.6. The van der Waals surface area contributed by atoms with Gasteiger partial charge in [-0.15, -0.1) is 0 Å². The van der Waals surface area contributed by atoms with Gasteiger partial charge in [0.15, 0.2) is 5.16 Å². The molecule has 1 aliphatic heterocycles. The molecule has 1 aliphatic carbocycles. The number of thioether (sulfide) groups is 1. The van der Waals surface area contributed by atoms with Crippen LogP contribution in [0.3, 0.4) is 0 Å². The summed E-state index contributed by atoms with van der Waals surface area (Å²) in [5.74, 6) is 0.253. The van der Waals surface area contributed by atoms with Crippen LogP contribution in [-0.2, 0) is 17.6 Å². The summed E-state index contributed by atoms with van der Waals surface area (Å²) < 4.78 is 2.28. The molecule has 132 valence electrons. The fraction of sp³-hybridized carbons (Fsp3) is 0.500. The third-order valence-electron chi connectivity index (χ3n) is 5.16. The van der Waals surface area contributed by atoms with Crippen LogP contribution in [0.1, 0.15) is 44.0 Å². The lowest BCUT2D eigenvalue weighted by atomic mass is 10.0. The van der Waals surface area contributed by atoms with Crippen LogP contribution < -0.4 is 0 Å². The van der Waals surface area contributed by atoms with Crippen molar-refractivity contribution in [2.24, 2.45) is 0 Å². The standard InChI is InChI=1S/C20H25N3OS/c1-15(19(24)22-13-7-8-14-22)25-20-21-17-11-5-6-12-18(17)23(20)16-9-3-2-4-10-16/h2-4,9-10,15H,5-8,11-14H2,1H3. The molecule has 0 radical (unpaired) electrons. The lowest BCUT2D eigenvalue weighted by Crippen LogP contribution is -2.34. The zero-order valence-electron chi connectivity index (χ0n) is 14.8. The summed E-state index contributed by atoms with van der Waals surface area (Å²) >= 11 is 1.61. The molecule has 0 bridgehead atoms. The average Bonchev–Trinajstić information content (AvgIpc) is 3.29. The number of aromatic nitrogens is 2. The van der Waals surface area contributed by atoms with Gasteiger partial charge in [0.2, 0.25) is 5.91 Å². The summed E-state index contributed by atoms with van der Waals surface area (Å²) in [6.45, 7) is 3.84. The number of nitrogens with zero attached hydrogens (tertiary/aromatic N) is 3. The number of aryl methyl sites for hydroxylation is 1. The third kappa shape index (κ3) is 3.34. The van der Waals surface area contributed by atoms with Gasteiger partial charge >= 0.3 is 0 Å². The predicted octanol–water partition coefficient (Wildman–Crippen LogP) is 3.85. The van der Waals surface area contributed by atoms with Crippen LogP contribution in [0.2, 0.25) is 0 Å². The van der Waals surface area contributed by atoms with Gasteiger partial charge in [-0.2, -0.15) is 0 Å². The normalized spacial score (nSPS) is 18.2. The van der Waals surface area contributed by atoms with E-state index in [0.717, 1.165) is 49.6 Å². The second-order valence-corrected chi connectivity index (χ2v) is 8.27. The minimum Gasteiger partial charge on any atom is -0.342 e. The van der Waals surface area contributed by atoms with Crippen molar-refractivity contribution >= 4 is 17.7 Å². The third-order valence-corrected chi connectivity index (χ3v) is 6.20. The largest absolute Gasteiger partial charge is 0.342 e. The average molecular weight is 356 g/mol. The van der Waals surface area contributed by atoms with E-state index in [9.17, 15) is 4.79 Å². The number of rotatable bonds is 4. The van der Waals surface area contributed by atoms with Gasteiger partial charge in [-0.05, 0) is 57.6 Å². The number of amides is 1. The van der Waals surface area contributed by atoms with E-state index in [1.165, 1.54) is 24.2 Å². The quantitative estimate of drug-likeness (QED) is 0.782. The van der Waals surface area contributed by atoms with Crippen LogP contribution in [0.25, 0.3) is 5.69 Å². The first kappa shape index (κ1) is 16.7. The maximum atomic E-state index is 12.7. The van der Waals surface area contributed by atoms with Crippen LogP contribution in [0.15, 0.2) is 35.5 Å². The number of para-hydroxylation sites is 1. The number of hydrogen-bond acceptors (Lipinski definition) is 3. The molecule has 4 rings (SSSR count). The second kappa shape index (κ2) is 7.24. The van der Waals surface area contributed by atoms with Crippen molar-refractivity contribution in [1.29, 1.82) is 0 Å². The van der Waals surface area contributed by atoms with E-state index >= 15 is 0 Å². The Kier molecular flexibility index (Phi) is 4.84. The molecule has 1 amide bonds. The van der Waals surface area contributed by atoms with Crippen molar-refractivity contribution in [3.05, 3.63) is 41.7 Å². The first-order chi connectivity index (χ1) is 12.2. The summed E-state index contributed by atoms with van der Waals surface area (Å²) in [5.41, 5.74) is 3.71. The van der Waals surface area contributed by atoms with Crippen LogP contribution in [-0.4, -0.2) is 38.7 Å². The fourth-order valence-electron chi connectivity index (χ4n) is 3.84. The highest BCUT2D eigenvalue weighted by atomic mass is 32.2. The molecule has 0 N–H and O–H groups in total. The molecule has 2 aromatic rings. The maximum Gasteiger partial charge on any atom is 0.235 e. The topological polar surface area (TPSA) is 38.1 Å². The number of imidazole rings is 1. The lowest BCUT2D eigenvalue weighted by molar-refractivity contribution is -0.129. The summed E-state index contributed by atoms with van der Waals surface area (Å²) in [6, 6.07) is 10.4. The Morgan fingerprint density at radius 3 is 2.56 bits per heavy atom. The highest BCUT2D eigenvalue weighted by molar-refractivity contribution is 8.00. The highest BCUT2D eigenvalue weighted by Gasteiger charge is 2.28. The molecule has 25 heavy (non-hydrogen) atoms. The van der Waals surface area contributed by atoms with Crippen molar-refractivity contribution < 1.29 is 4.79 Å². The molecule has 0 saturated carbocycles. The number of likely N-dealkylation sites (tertiary alicyclic amines) is 1. The fourth-order valence-corrected chi connectivity index (χ4v) is 4.89. The van der Waals surface area contributed by atoms with Gasteiger partial charge in [0.05, 0.1) is 10.9 Å². The molecule has 1 aromatic carbocycles. The summed E-state index contributed by atoms with van der Waals surface area (Å²) in [5, 5.41) is 0.877. The van der Waals surface area contributed by atoms with Gasteiger partial charge in [0.1, 0.15) is 0 Å². The predicted molar refractivity (Wildman–Crippen MR) is 101 cm³/mol. The molecule has 1 saturated heterocycles. The lowest BCUT2D eigenvalue weighted by Gasteiger charge is -2.20. The SMILES string of the molecule is CC(Sc1nc2c(n1-c1ccccc1)CCCC2)C(=O)N1CCCC1. The number of fused-ring (bicyclic) bond motifs is 1. The van der Waals surface area contributed by atoms with Crippen molar-refractivity contribution in [1.82, 2.24) is 14.5 Å². The van der Waals surface area contributed by atoms with E-state index in [4.69, 9.17) is 4.98 Å². The molecule has 0 spiro atoms. The van der Waals surface area contributed by atoms with E-state index in [2.05, 4.69) is 28.8 Å². The molecule has 1 aromatic heterocycles. The molecule has 4 nitrogen and oxygen atoms in total. The Balaban J connectivity index is 1.64. The highest BCUT2D eigenvalue weighted by Crippen LogP contribution is 2.33. The number of hydrogen-bond donors (Lipinski definition) is 0. The Hall–Kier alpha value is -1.75. The van der Waals surface area contributed by atoms with Gasteiger partial charge < -0.3 is 4.90 Å². The molecule has 1 fully saturated rings. The number of carbonyl (C=O) groups is 1. The van der Waals surface area contributed by atoms with Gasteiger partial charge in [0, 0.05) is 24.5 Å². The second-order valence-electron chi connectivity index (χ2n) is 6.96. The molecular formula is C20H25N3OS. The molecular weight excluding hydrogens is 330 g/mol. The van der Waals surface area contributed by atoms with Crippen LogP contribution in [0, 0.1) is 0 Å². The number of benzene rings is 1. The Bertz CT molecular complexity index is 750. The molecule has 5 heteroatoms. The van der Waals surface area contributed by atoms with Crippen molar-refractivity contribution in [3.8, 4) is 5.69 Å². The van der Waals surface area contributed by atoms with Gasteiger partial charge in [-0.3, -0.25) is 9.36 Å². The smallest absolute Gasteiger partial charge is 0.235 e. The molecule has 1 unspecified atom stereocenters. The van der Waals surface area contributed by atoms with E-state index < -0.39 is 0 Å². The summed E-state index contributed by atoms with van der Waals surface area (Å²) in [6.07, 6.45) is 6.83. The van der Waals surface area contributed by atoms with Crippen molar-refractivity contribution in [2.75, 3.05) is 13.1 Å². The zero-order chi connectivity index (χ0) is 17.2. The van der Waals surface area contributed by atoms with Crippen LogP contribution in [0.4, 0.5) is 0 Å². The van der Waals surface area contributed by atoms with E-state index in [1.54, 1.807) is 11.8 Å². The van der Waals surface area contributed by atoms with Crippen LogP contribution in [0.5, 0.6) is 0 Å². The monoisotopic (exact) mass is 355 g/mol. The maximum absolute atomic E-state index is 12.7. The van der Waals surface area contributed by atoms with Gasteiger partial charge in [-0.1, -0.05) is 30.0 Å². The van der Waals surface area contributed by atoms with Gasteiger partial charge in [-0.25, -0.2) is 4.98 Å². The van der Waals surface area contributed by atoms with Crippen molar-refractivity contribution in [3.63, 3.8) is 0 Å². The Morgan fingerprint density at radius 2 is 1.80 bits per heavy atom. The van der Waals surface area contributed by atoms with E-state index in [1.807, 2.05) is 17.9 Å². The minimum absolute atomic E-state index is 0.0931. The first-order valence-electron chi connectivity index (χ1n) is 9.35. The Labute approximate surface area is 153 Å². The summed E-state index contributed by atoms with van der Waals surface area (Å²) in [4.78, 5) is 19.6. The minimum atomic E-state index is -0.0931. The number of carbonyl (C=O) groups excluding carboxylic acids is 1. The molecule has 2 heterocycles. The van der Waals surface area contributed by atoms with Crippen molar-refractivity contribution in [2.45, 2.75) is 55.9 Å². The first-order valence-corrected chi connectivity index (χ1v) is 10.2. The van der Waals surface area contributed by atoms with Gasteiger partial charge in [0.25, 0.3) is 0 Å². The van der Waals surface area contributed by atoms with E-state index in [0.29, 0.717) is 0 Å². The molecule has 2 aliphatic rings. The van der Waals surface area contributed by atoms with E-state index in [-0.39, 0.29) is 11.2 Å². The summed E-state index contributed by atoms with van der Waals surface area (Å²) in [7, 11) is 0. The molecule has 1 atom stereocenters.